The Morgan fingerprint density at radius 3 is 1.24 bits per heavy atom. The zero-order chi connectivity index (χ0) is 27.4. The Morgan fingerprint density at radius 2 is 0.762 bits per heavy atom. The predicted octanol–water partition coefficient (Wildman–Crippen LogP) is 11.7. The molecule has 0 atom stereocenters. The van der Waals surface area contributed by atoms with Crippen LogP contribution in [-0.2, 0) is 0 Å². The van der Waals surface area contributed by atoms with Crippen LogP contribution >= 0.6 is 0 Å². The summed E-state index contributed by atoms with van der Waals surface area (Å²) in [7, 11) is 0. The molecule has 0 saturated heterocycles. The van der Waals surface area contributed by atoms with Gasteiger partial charge in [0.2, 0.25) is 0 Å². The largest absolute Gasteiger partial charge is 0.456 e. The van der Waals surface area contributed by atoms with E-state index in [1.165, 1.54) is 54.6 Å². The highest BCUT2D eigenvalue weighted by molar-refractivity contribution is 6.26. The van der Waals surface area contributed by atoms with Gasteiger partial charge in [0.25, 0.3) is 0 Å². The Labute approximate surface area is 240 Å². The van der Waals surface area contributed by atoms with Crippen LogP contribution in [0.5, 0.6) is 0 Å². The monoisotopic (exact) mass is 534 g/mol. The fourth-order valence-electron chi connectivity index (χ4n) is 7.08. The highest BCUT2D eigenvalue weighted by Gasteiger charge is 2.26. The molecule has 2 aliphatic heterocycles. The summed E-state index contributed by atoms with van der Waals surface area (Å²) in [5.41, 5.74) is 10.5. The SMILES string of the molecule is c1ccc2cc(-c3ccc4oc5ccc6c(-c7ccc8ccccc8c7)ccc7oc8ccc3c4c8-c5c76)ccc2c1. The molecule has 8 aromatic rings. The first kappa shape index (κ1) is 22.1. The van der Waals surface area contributed by atoms with E-state index in [-0.39, 0.29) is 0 Å². The van der Waals surface area contributed by atoms with Crippen LogP contribution in [0.15, 0.2) is 142 Å². The third-order valence-corrected chi connectivity index (χ3v) is 9.02. The molecule has 8 aromatic carbocycles. The van der Waals surface area contributed by atoms with Gasteiger partial charge < -0.3 is 8.83 Å². The molecule has 10 rings (SSSR count). The minimum Gasteiger partial charge on any atom is -0.456 e. The third-order valence-electron chi connectivity index (χ3n) is 9.02. The molecule has 194 valence electrons. The second-order valence-electron chi connectivity index (χ2n) is 11.3. The molecule has 0 amide bonds. The lowest BCUT2D eigenvalue weighted by Gasteiger charge is -2.21. The molecule has 0 aliphatic carbocycles. The first-order chi connectivity index (χ1) is 20.8. The summed E-state index contributed by atoms with van der Waals surface area (Å²) in [6, 6.07) is 47.7. The highest BCUT2D eigenvalue weighted by atomic mass is 16.3. The average molecular weight is 535 g/mol. The van der Waals surface area contributed by atoms with Gasteiger partial charge in [0, 0.05) is 21.9 Å². The van der Waals surface area contributed by atoms with E-state index in [0.717, 1.165) is 44.2 Å². The molecule has 0 spiro atoms. The van der Waals surface area contributed by atoms with E-state index in [9.17, 15) is 0 Å². The molecule has 42 heavy (non-hydrogen) atoms. The maximum atomic E-state index is 6.65. The lowest BCUT2D eigenvalue weighted by molar-refractivity contribution is 0.646. The quantitative estimate of drug-likeness (QED) is 0.163. The molecular formula is C40H22O2. The van der Waals surface area contributed by atoms with Crippen LogP contribution in [0, 0.1) is 0 Å². The normalized spacial score (nSPS) is 12.3. The molecule has 0 aromatic heterocycles. The van der Waals surface area contributed by atoms with Crippen LogP contribution in [0.4, 0.5) is 0 Å². The molecule has 2 nitrogen and oxygen atoms in total. The van der Waals surface area contributed by atoms with Crippen molar-refractivity contribution in [1.82, 2.24) is 0 Å². The van der Waals surface area contributed by atoms with E-state index in [0.29, 0.717) is 0 Å². The van der Waals surface area contributed by atoms with Crippen molar-refractivity contribution in [2.75, 3.05) is 0 Å². The van der Waals surface area contributed by atoms with Crippen molar-refractivity contribution in [3.05, 3.63) is 133 Å². The summed E-state index contributed by atoms with van der Waals surface area (Å²) in [4.78, 5) is 0. The molecule has 0 radical (unpaired) electrons. The molecule has 2 aliphatic rings. The Kier molecular flexibility index (Phi) is 4.21. The summed E-state index contributed by atoms with van der Waals surface area (Å²) in [5.74, 6) is 0. The maximum absolute atomic E-state index is 6.65. The summed E-state index contributed by atoms with van der Waals surface area (Å²) in [6.07, 6.45) is 0. The van der Waals surface area contributed by atoms with E-state index in [1.54, 1.807) is 0 Å². The zero-order valence-electron chi connectivity index (χ0n) is 22.5. The number of hydrogen-bond donors (Lipinski definition) is 0. The Bertz CT molecular complexity index is 2450. The van der Waals surface area contributed by atoms with Gasteiger partial charge in [0.15, 0.2) is 0 Å². The first-order valence-corrected chi connectivity index (χ1v) is 14.3. The molecule has 0 N–H and O–H groups in total. The molecule has 2 heteroatoms. The van der Waals surface area contributed by atoms with Gasteiger partial charge in [-0.05, 0) is 103 Å². The second-order valence-corrected chi connectivity index (χ2v) is 11.3. The van der Waals surface area contributed by atoms with E-state index < -0.39 is 0 Å². The fraction of sp³-hybridized carbons (Fsp3) is 0. The maximum Gasteiger partial charge on any atom is 0.136 e. The minimum atomic E-state index is 0.871. The Hall–Kier alpha value is -5.60. The highest BCUT2D eigenvalue weighted by Crippen LogP contribution is 2.50. The van der Waals surface area contributed by atoms with Crippen molar-refractivity contribution >= 4 is 65.4 Å². The lowest BCUT2D eigenvalue weighted by atomic mass is 9.86. The smallest absolute Gasteiger partial charge is 0.136 e. The summed E-state index contributed by atoms with van der Waals surface area (Å²) in [6.45, 7) is 0. The van der Waals surface area contributed by atoms with Crippen molar-refractivity contribution < 1.29 is 8.83 Å². The Morgan fingerprint density at radius 1 is 0.333 bits per heavy atom. The number of hydrogen-bond acceptors (Lipinski definition) is 2. The van der Waals surface area contributed by atoms with Crippen molar-refractivity contribution in [3.8, 4) is 33.4 Å². The molecule has 0 bridgehead atoms. The van der Waals surface area contributed by atoms with E-state index >= 15 is 0 Å². The van der Waals surface area contributed by atoms with Crippen LogP contribution in [-0.4, -0.2) is 0 Å². The van der Waals surface area contributed by atoms with Gasteiger partial charge >= 0.3 is 0 Å². The van der Waals surface area contributed by atoms with Crippen LogP contribution in [0.25, 0.3) is 98.8 Å². The molecule has 2 heterocycles. The summed E-state index contributed by atoms with van der Waals surface area (Å²) in [5, 5.41) is 9.52. The van der Waals surface area contributed by atoms with Crippen molar-refractivity contribution in [2.45, 2.75) is 0 Å². The number of rotatable bonds is 2. The zero-order valence-corrected chi connectivity index (χ0v) is 22.5. The van der Waals surface area contributed by atoms with Crippen LogP contribution < -0.4 is 0 Å². The summed E-state index contributed by atoms with van der Waals surface area (Å²) >= 11 is 0. The minimum absolute atomic E-state index is 0.871. The predicted molar refractivity (Wildman–Crippen MR) is 175 cm³/mol. The van der Waals surface area contributed by atoms with Crippen LogP contribution in [0.2, 0.25) is 0 Å². The molecular weight excluding hydrogens is 512 g/mol. The topological polar surface area (TPSA) is 26.3 Å². The fourth-order valence-corrected chi connectivity index (χ4v) is 7.08. The standard InChI is InChI=1S/C40H22O2/c1-3-7-25-21-27(11-9-23(25)5-1)29-13-17-33-37-31(29)15-19-35-39(37)40-36(41-33)20-16-32-30(14-18-34(42-35)38(32)40)28-12-10-24-6-2-4-8-26(24)22-28/h1-22H. The Balaban J connectivity index is 1.27. The molecule has 0 fully saturated rings. The number of fused-ring (bicyclic) bond motifs is 2. The van der Waals surface area contributed by atoms with E-state index in [4.69, 9.17) is 8.83 Å². The lowest BCUT2D eigenvalue weighted by Crippen LogP contribution is -1.96. The van der Waals surface area contributed by atoms with Crippen molar-refractivity contribution in [1.29, 1.82) is 0 Å². The summed E-state index contributed by atoms with van der Waals surface area (Å²) < 4.78 is 13.3. The van der Waals surface area contributed by atoms with Gasteiger partial charge in [-0.2, -0.15) is 0 Å². The van der Waals surface area contributed by atoms with Gasteiger partial charge in [0.1, 0.15) is 22.3 Å². The second kappa shape index (κ2) is 7.99. The van der Waals surface area contributed by atoms with Crippen LogP contribution in [0.1, 0.15) is 0 Å². The van der Waals surface area contributed by atoms with Gasteiger partial charge in [0.05, 0.1) is 0 Å². The average Bonchev–Trinajstić information content (AvgIpc) is 3.05. The van der Waals surface area contributed by atoms with Crippen molar-refractivity contribution in [2.24, 2.45) is 0 Å². The van der Waals surface area contributed by atoms with E-state index in [1.807, 2.05) is 0 Å². The number of benzene rings is 8. The van der Waals surface area contributed by atoms with Gasteiger partial charge in [-0.3, -0.25) is 0 Å². The first-order valence-electron chi connectivity index (χ1n) is 14.3. The molecule has 0 saturated carbocycles. The van der Waals surface area contributed by atoms with Crippen LogP contribution in [0.3, 0.4) is 0 Å². The van der Waals surface area contributed by atoms with E-state index in [2.05, 4.69) is 133 Å². The van der Waals surface area contributed by atoms with Gasteiger partial charge in [-0.15, -0.1) is 0 Å². The third kappa shape index (κ3) is 2.93. The molecule has 0 unspecified atom stereocenters. The van der Waals surface area contributed by atoms with Gasteiger partial charge in [-0.25, -0.2) is 0 Å². The van der Waals surface area contributed by atoms with Gasteiger partial charge in [-0.1, -0.05) is 84.9 Å². The van der Waals surface area contributed by atoms with Crippen molar-refractivity contribution in [3.63, 3.8) is 0 Å².